The van der Waals surface area contributed by atoms with Crippen LogP contribution < -0.4 is 5.32 Å². The van der Waals surface area contributed by atoms with E-state index >= 15 is 0 Å². The van der Waals surface area contributed by atoms with Crippen LogP contribution >= 0.6 is 0 Å². The number of fused-ring (bicyclic) bond motifs is 1. The summed E-state index contributed by atoms with van der Waals surface area (Å²) in [6.45, 7) is 2.71. The van der Waals surface area contributed by atoms with Gasteiger partial charge in [-0.1, -0.05) is 42.5 Å². The predicted molar refractivity (Wildman–Crippen MR) is 129 cm³/mol. The van der Waals surface area contributed by atoms with Crippen LogP contribution in [0, 0.1) is 17.7 Å². The van der Waals surface area contributed by atoms with Gasteiger partial charge in [0.1, 0.15) is 5.82 Å². The molecule has 0 amide bonds. The summed E-state index contributed by atoms with van der Waals surface area (Å²) in [7, 11) is 0. The third-order valence-corrected chi connectivity index (χ3v) is 6.62. The van der Waals surface area contributed by atoms with Gasteiger partial charge >= 0.3 is 5.97 Å². The molecule has 5 rings (SSSR count). The van der Waals surface area contributed by atoms with Crippen molar-refractivity contribution >= 4 is 34.4 Å². The van der Waals surface area contributed by atoms with Crippen LogP contribution in [-0.4, -0.2) is 26.4 Å². The Morgan fingerprint density at radius 2 is 1.74 bits per heavy atom. The monoisotopic (exact) mass is 457 g/mol. The van der Waals surface area contributed by atoms with Crippen molar-refractivity contribution in [3.63, 3.8) is 0 Å². The van der Waals surface area contributed by atoms with Crippen LogP contribution in [0.15, 0.2) is 66.7 Å². The second-order valence-electron chi connectivity index (χ2n) is 8.56. The maximum Gasteiger partial charge on any atom is 0.307 e. The van der Waals surface area contributed by atoms with Crippen LogP contribution in [0.2, 0.25) is 0 Å². The van der Waals surface area contributed by atoms with Gasteiger partial charge in [0.2, 0.25) is 5.95 Å². The Labute approximate surface area is 196 Å². The summed E-state index contributed by atoms with van der Waals surface area (Å²) in [4.78, 5) is 28.4. The van der Waals surface area contributed by atoms with E-state index in [1.54, 1.807) is 30.3 Å². The first-order valence-corrected chi connectivity index (χ1v) is 11.4. The number of nitrogens with one attached hydrogen (secondary N) is 1. The number of aryl methyl sites for hydroxylation is 1. The molecule has 0 unspecified atom stereocenters. The van der Waals surface area contributed by atoms with Crippen molar-refractivity contribution in [2.75, 3.05) is 5.32 Å². The maximum atomic E-state index is 15.0. The number of carboxylic acid groups (broad SMARTS) is 1. The zero-order valence-corrected chi connectivity index (χ0v) is 18.7. The molecule has 0 spiro atoms. The van der Waals surface area contributed by atoms with Gasteiger partial charge < -0.3 is 15.0 Å². The number of rotatable bonds is 7. The third kappa shape index (κ3) is 3.83. The molecule has 0 bridgehead atoms. The van der Waals surface area contributed by atoms with E-state index in [0.29, 0.717) is 42.1 Å². The molecule has 1 aliphatic rings. The topological polar surface area (TPSA) is 84.2 Å². The second-order valence-corrected chi connectivity index (χ2v) is 8.56. The van der Waals surface area contributed by atoms with E-state index in [2.05, 4.69) is 10.3 Å². The van der Waals surface area contributed by atoms with Crippen molar-refractivity contribution in [3.8, 4) is 11.1 Å². The Morgan fingerprint density at radius 3 is 2.38 bits per heavy atom. The molecule has 0 saturated heterocycles. The second kappa shape index (κ2) is 8.74. The molecule has 3 aromatic carbocycles. The summed E-state index contributed by atoms with van der Waals surface area (Å²) in [6, 6.07) is 19.6. The zero-order chi connectivity index (χ0) is 23.8. The molecule has 0 radical (unpaired) electrons. The Hall–Kier alpha value is -4.00. The van der Waals surface area contributed by atoms with E-state index in [4.69, 9.17) is 0 Å². The van der Waals surface area contributed by atoms with E-state index in [1.807, 2.05) is 41.8 Å². The Morgan fingerprint density at radius 1 is 1.03 bits per heavy atom. The Bertz CT molecular complexity index is 1390. The molecule has 6 nitrogen and oxygen atoms in total. The van der Waals surface area contributed by atoms with E-state index in [0.717, 1.165) is 16.6 Å². The Balaban J connectivity index is 1.35. The average Bonchev–Trinajstić information content (AvgIpc) is 3.16. The largest absolute Gasteiger partial charge is 0.481 e. The number of carbonyl (C=O) groups is 2. The van der Waals surface area contributed by atoms with Gasteiger partial charge in [0, 0.05) is 18.0 Å². The highest BCUT2D eigenvalue weighted by atomic mass is 19.1. The molecule has 2 atom stereocenters. The molecule has 1 aromatic heterocycles. The van der Waals surface area contributed by atoms with Crippen LogP contribution in [0.25, 0.3) is 22.2 Å². The number of benzene rings is 3. The lowest BCUT2D eigenvalue weighted by atomic mass is 9.70. The predicted octanol–water partition coefficient (Wildman–Crippen LogP) is 5.90. The molecule has 1 fully saturated rings. The van der Waals surface area contributed by atoms with Gasteiger partial charge in [-0.2, -0.15) is 0 Å². The molecule has 172 valence electrons. The minimum atomic E-state index is -0.917. The molecule has 2 N–H and O–H groups in total. The first-order valence-electron chi connectivity index (χ1n) is 11.4. The zero-order valence-electron chi connectivity index (χ0n) is 18.7. The van der Waals surface area contributed by atoms with E-state index in [9.17, 15) is 19.1 Å². The number of halogens is 1. The number of nitrogens with zero attached hydrogens (tertiary/aromatic N) is 2. The van der Waals surface area contributed by atoms with Crippen molar-refractivity contribution in [1.29, 1.82) is 0 Å². The highest BCUT2D eigenvalue weighted by Gasteiger charge is 2.41. The lowest BCUT2D eigenvalue weighted by Crippen LogP contribution is -2.38. The number of anilines is 2. The van der Waals surface area contributed by atoms with Crippen LogP contribution in [0.1, 0.15) is 30.1 Å². The van der Waals surface area contributed by atoms with Gasteiger partial charge in [-0.3, -0.25) is 9.59 Å². The van der Waals surface area contributed by atoms with Crippen molar-refractivity contribution in [2.45, 2.75) is 26.3 Å². The summed E-state index contributed by atoms with van der Waals surface area (Å²) in [5.41, 5.74) is 4.08. The number of carbonyl (C=O) groups excluding carboxylic acids is 1. The van der Waals surface area contributed by atoms with E-state index in [-0.39, 0.29) is 5.78 Å². The number of Topliss-reactive ketones (excluding diaryl/α,β-unsaturated/α-hetero) is 1. The minimum absolute atomic E-state index is 0.144. The van der Waals surface area contributed by atoms with Gasteiger partial charge in [0.15, 0.2) is 5.78 Å². The van der Waals surface area contributed by atoms with Gasteiger partial charge in [0.25, 0.3) is 0 Å². The highest BCUT2D eigenvalue weighted by Crippen LogP contribution is 2.37. The van der Waals surface area contributed by atoms with E-state index in [1.165, 1.54) is 6.07 Å². The van der Waals surface area contributed by atoms with Gasteiger partial charge in [0.05, 0.1) is 22.6 Å². The number of para-hydroxylation sites is 2. The van der Waals surface area contributed by atoms with Crippen molar-refractivity contribution in [3.05, 3.63) is 78.1 Å². The SMILES string of the molecule is CCn1c(Nc2ccc(-c3ccc(C(=O)[C@H]4CC[C@@H]4C(=O)O)cc3)cc2F)nc2ccccc21. The molecule has 4 aromatic rings. The van der Waals surface area contributed by atoms with E-state index < -0.39 is 23.6 Å². The molecular weight excluding hydrogens is 433 g/mol. The fraction of sp³-hybridized carbons (Fsp3) is 0.222. The number of aromatic nitrogens is 2. The van der Waals surface area contributed by atoms with Gasteiger partial charge in [-0.05, 0) is 55.2 Å². The molecule has 34 heavy (non-hydrogen) atoms. The summed E-state index contributed by atoms with van der Waals surface area (Å²) < 4.78 is 17.0. The third-order valence-electron chi connectivity index (χ3n) is 6.62. The molecule has 1 aliphatic carbocycles. The summed E-state index contributed by atoms with van der Waals surface area (Å²) in [5.74, 6) is -1.95. The lowest BCUT2D eigenvalue weighted by Gasteiger charge is -2.32. The standard InChI is InChI=1S/C27H24FN3O3/c1-2-31-24-6-4-3-5-23(24)30-27(31)29-22-14-11-18(15-21(22)28)16-7-9-17(10-8-16)25(32)19-12-13-20(19)26(33)34/h3-11,14-15,19-20H,2,12-13H2,1H3,(H,29,30)(H,33,34)/t19-,20-/m0/s1. The number of imidazole rings is 1. The maximum absolute atomic E-state index is 15.0. The Kier molecular flexibility index (Phi) is 5.61. The normalized spacial score (nSPS) is 17.4. The van der Waals surface area contributed by atoms with Crippen LogP contribution in [0.3, 0.4) is 0 Å². The summed E-state index contributed by atoms with van der Waals surface area (Å²) in [6.07, 6.45) is 1.14. The summed E-state index contributed by atoms with van der Waals surface area (Å²) >= 11 is 0. The quantitative estimate of drug-likeness (QED) is 0.338. The number of aliphatic carboxylic acids is 1. The van der Waals surface area contributed by atoms with Crippen molar-refractivity contribution in [1.82, 2.24) is 9.55 Å². The van der Waals surface area contributed by atoms with Gasteiger partial charge in [-0.15, -0.1) is 0 Å². The van der Waals surface area contributed by atoms with Crippen LogP contribution in [0.5, 0.6) is 0 Å². The molecule has 0 aliphatic heterocycles. The summed E-state index contributed by atoms with van der Waals surface area (Å²) in [5, 5.41) is 12.3. The van der Waals surface area contributed by atoms with Crippen LogP contribution in [0.4, 0.5) is 16.0 Å². The van der Waals surface area contributed by atoms with Crippen molar-refractivity contribution in [2.24, 2.45) is 11.8 Å². The number of ketones is 1. The van der Waals surface area contributed by atoms with Crippen molar-refractivity contribution < 1.29 is 19.1 Å². The number of carboxylic acids is 1. The lowest BCUT2D eigenvalue weighted by molar-refractivity contribution is -0.146. The fourth-order valence-electron chi connectivity index (χ4n) is 4.56. The number of hydrogen-bond donors (Lipinski definition) is 2. The molecule has 1 heterocycles. The average molecular weight is 458 g/mol. The molecular formula is C27H24FN3O3. The molecule has 1 saturated carbocycles. The van der Waals surface area contributed by atoms with Gasteiger partial charge in [-0.25, -0.2) is 9.37 Å². The molecule has 7 heteroatoms. The first kappa shape index (κ1) is 21.8. The number of hydrogen-bond acceptors (Lipinski definition) is 4. The smallest absolute Gasteiger partial charge is 0.307 e. The van der Waals surface area contributed by atoms with Crippen LogP contribution in [-0.2, 0) is 11.3 Å². The first-order chi connectivity index (χ1) is 16.5. The fourth-order valence-corrected chi connectivity index (χ4v) is 4.56. The highest BCUT2D eigenvalue weighted by molar-refractivity contribution is 6.01. The minimum Gasteiger partial charge on any atom is -0.481 e.